The minimum absolute atomic E-state index is 0.583. The van der Waals surface area contributed by atoms with E-state index in [2.05, 4.69) is 39.1 Å². The molecule has 0 bridgehead atoms. The molecule has 16 heavy (non-hydrogen) atoms. The van der Waals surface area contributed by atoms with E-state index in [9.17, 15) is 0 Å². The van der Waals surface area contributed by atoms with Crippen LogP contribution < -0.4 is 5.32 Å². The summed E-state index contributed by atoms with van der Waals surface area (Å²) >= 11 is 9.49. The minimum Gasteiger partial charge on any atom is -0.312 e. The number of piperazine rings is 1. The van der Waals surface area contributed by atoms with Gasteiger partial charge in [0.1, 0.15) is 0 Å². The predicted molar refractivity (Wildman–Crippen MR) is 71.9 cm³/mol. The Kier molecular flexibility index (Phi) is 4.25. The molecule has 1 N–H and O–H groups in total. The van der Waals surface area contributed by atoms with E-state index >= 15 is 0 Å². The highest BCUT2D eigenvalue weighted by atomic mass is 79.9. The van der Waals surface area contributed by atoms with Gasteiger partial charge < -0.3 is 5.32 Å². The molecule has 0 spiro atoms. The zero-order valence-electron chi connectivity index (χ0n) is 9.34. The van der Waals surface area contributed by atoms with E-state index in [1.807, 2.05) is 12.1 Å². The fourth-order valence-electron chi connectivity index (χ4n) is 2.05. The monoisotopic (exact) mass is 302 g/mol. The number of benzene rings is 1. The Bertz CT molecular complexity index is 370. The number of hydrogen-bond donors (Lipinski definition) is 1. The van der Waals surface area contributed by atoms with Crippen LogP contribution >= 0.6 is 27.5 Å². The van der Waals surface area contributed by atoms with Crippen LogP contribution in [0, 0.1) is 0 Å². The fourth-order valence-corrected chi connectivity index (χ4v) is 2.85. The van der Waals surface area contributed by atoms with Gasteiger partial charge in [-0.05, 0) is 24.6 Å². The van der Waals surface area contributed by atoms with Crippen molar-refractivity contribution in [1.29, 1.82) is 0 Å². The van der Waals surface area contributed by atoms with Gasteiger partial charge in [-0.15, -0.1) is 0 Å². The van der Waals surface area contributed by atoms with E-state index in [1.54, 1.807) is 0 Å². The van der Waals surface area contributed by atoms with E-state index in [0.29, 0.717) is 6.04 Å². The molecule has 2 nitrogen and oxygen atoms in total. The highest BCUT2D eigenvalue weighted by Gasteiger charge is 2.16. The second-order valence-corrected chi connectivity index (χ2v) is 5.62. The molecule has 0 aliphatic carbocycles. The van der Waals surface area contributed by atoms with Gasteiger partial charge in [0, 0.05) is 41.7 Å². The third kappa shape index (κ3) is 3.20. The summed E-state index contributed by atoms with van der Waals surface area (Å²) in [5, 5.41) is 4.23. The van der Waals surface area contributed by atoms with Crippen LogP contribution in [0.3, 0.4) is 0 Å². The number of nitrogens with zero attached hydrogens (tertiary/aromatic N) is 1. The molecule has 0 unspecified atom stereocenters. The van der Waals surface area contributed by atoms with E-state index < -0.39 is 0 Å². The van der Waals surface area contributed by atoms with Crippen LogP contribution in [-0.4, -0.2) is 30.6 Å². The predicted octanol–water partition coefficient (Wildman–Crippen LogP) is 2.90. The lowest BCUT2D eigenvalue weighted by atomic mass is 10.1. The molecule has 0 radical (unpaired) electrons. The second kappa shape index (κ2) is 5.50. The molecule has 1 aliphatic rings. The van der Waals surface area contributed by atoms with E-state index in [1.165, 1.54) is 5.56 Å². The lowest BCUT2D eigenvalue weighted by Crippen LogP contribution is -2.48. The molecular formula is C12H16BrClN2. The highest BCUT2D eigenvalue weighted by Crippen LogP contribution is 2.23. The smallest absolute Gasteiger partial charge is 0.0417 e. The molecule has 4 heteroatoms. The van der Waals surface area contributed by atoms with E-state index in [-0.39, 0.29) is 0 Å². The van der Waals surface area contributed by atoms with E-state index in [4.69, 9.17) is 11.6 Å². The Morgan fingerprint density at radius 3 is 3.06 bits per heavy atom. The number of nitrogens with one attached hydrogen (secondary N) is 1. The van der Waals surface area contributed by atoms with Gasteiger partial charge >= 0.3 is 0 Å². The van der Waals surface area contributed by atoms with Gasteiger partial charge in [0.25, 0.3) is 0 Å². The molecule has 1 saturated heterocycles. The first kappa shape index (κ1) is 12.4. The summed E-state index contributed by atoms with van der Waals surface area (Å²) in [6, 6.07) is 6.59. The maximum absolute atomic E-state index is 5.93. The summed E-state index contributed by atoms with van der Waals surface area (Å²) in [5.41, 5.74) is 1.30. The average Bonchev–Trinajstić information content (AvgIpc) is 2.22. The fraction of sp³-hybridized carbons (Fsp3) is 0.500. The Hall–Kier alpha value is -0.0900. The quantitative estimate of drug-likeness (QED) is 0.904. The van der Waals surface area contributed by atoms with Crippen molar-refractivity contribution in [3.8, 4) is 0 Å². The maximum atomic E-state index is 5.93. The summed E-state index contributed by atoms with van der Waals surface area (Å²) in [5.74, 6) is 0. The normalized spacial score (nSPS) is 22.3. The van der Waals surface area contributed by atoms with Gasteiger partial charge in [-0.1, -0.05) is 33.6 Å². The van der Waals surface area contributed by atoms with Gasteiger partial charge in [-0.3, -0.25) is 4.90 Å². The molecule has 88 valence electrons. The summed E-state index contributed by atoms with van der Waals surface area (Å²) in [6.45, 7) is 6.51. The lowest BCUT2D eigenvalue weighted by molar-refractivity contribution is 0.199. The Morgan fingerprint density at radius 1 is 1.56 bits per heavy atom. The van der Waals surface area contributed by atoms with Crippen LogP contribution in [0.1, 0.15) is 12.5 Å². The van der Waals surface area contributed by atoms with Crippen molar-refractivity contribution >= 4 is 27.5 Å². The van der Waals surface area contributed by atoms with Crippen molar-refractivity contribution in [1.82, 2.24) is 10.2 Å². The molecule has 1 aromatic carbocycles. The second-order valence-electron chi connectivity index (χ2n) is 4.33. The topological polar surface area (TPSA) is 15.3 Å². The van der Waals surface area contributed by atoms with Gasteiger partial charge in [0.05, 0.1) is 0 Å². The molecule has 1 atom stereocenters. The largest absolute Gasteiger partial charge is 0.312 e. The SMILES string of the molecule is C[C@@H]1CN(Cc2ccc(Cl)cc2Br)CCN1. The van der Waals surface area contributed by atoms with Gasteiger partial charge in [-0.25, -0.2) is 0 Å². The lowest BCUT2D eigenvalue weighted by Gasteiger charge is -2.32. The van der Waals surface area contributed by atoms with Gasteiger partial charge in [0.15, 0.2) is 0 Å². The molecule has 0 saturated carbocycles. The summed E-state index contributed by atoms with van der Waals surface area (Å²) in [4.78, 5) is 2.47. The third-order valence-corrected chi connectivity index (χ3v) is 3.84. The number of halogens is 2. The molecule has 2 rings (SSSR count). The summed E-state index contributed by atoms with van der Waals surface area (Å²) < 4.78 is 1.10. The van der Waals surface area contributed by atoms with Crippen LogP contribution in [0.25, 0.3) is 0 Å². The zero-order chi connectivity index (χ0) is 11.5. The standard InChI is InChI=1S/C12H16BrClN2/c1-9-7-16(5-4-15-9)8-10-2-3-11(14)6-12(10)13/h2-3,6,9,15H,4-5,7-8H2,1H3/t9-/m1/s1. The van der Waals surface area contributed by atoms with Crippen molar-refractivity contribution in [2.75, 3.05) is 19.6 Å². The zero-order valence-corrected chi connectivity index (χ0v) is 11.7. The Morgan fingerprint density at radius 2 is 2.38 bits per heavy atom. The Labute approximate surface area is 110 Å². The number of rotatable bonds is 2. The van der Waals surface area contributed by atoms with Gasteiger partial charge in [0.2, 0.25) is 0 Å². The molecule has 0 aromatic heterocycles. The van der Waals surface area contributed by atoms with Crippen molar-refractivity contribution in [2.24, 2.45) is 0 Å². The van der Waals surface area contributed by atoms with Crippen LogP contribution in [0.4, 0.5) is 0 Å². The maximum Gasteiger partial charge on any atom is 0.0417 e. The molecular weight excluding hydrogens is 288 g/mol. The minimum atomic E-state index is 0.583. The molecule has 1 aliphatic heterocycles. The Balaban J connectivity index is 2.02. The van der Waals surface area contributed by atoms with Crippen molar-refractivity contribution in [3.63, 3.8) is 0 Å². The highest BCUT2D eigenvalue weighted by molar-refractivity contribution is 9.10. The first-order valence-corrected chi connectivity index (χ1v) is 6.72. The van der Waals surface area contributed by atoms with Crippen molar-refractivity contribution in [3.05, 3.63) is 33.3 Å². The molecule has 1 heterocycles. The summed E-state index contributed by atoms with van der Waals surface area (Å²) in [6.07, 6.45) is 0. The van der Waals surface area contributed by atoms with Crippen molar-refractivity contribution in [2.45, 2.75) is 19.5 Å². The number of hydrogen-bond acceptors (Lipinski definition) is 2. The van der Waals surface area contributed by atoms with Crippen LogP contribution in [0.2, 0.25) is 5.02 Å². The first-order chi connectivity index (χ1) is 7.65. The van der Waals surface area contributed by atoms with Crippen LogP contribution in [0.15, 0.2) is 22.7 Å². The first-order valence-electron chi connectivity index (χ1n) is 5.55. The average molecular weight is 304 g/mol. The molecule has 1 fully saturated rings. The van der Waals surface area contributed by atoms with Crippen LogP contribution in [0.5, 0.6) is 0 Å². The molecule has 0 amide bonds. The molecule has 1 aromatic rings. The van der Waals surface area contributed by atoms with Crippen molar-refractivity contribution < 1.29 is 0 Å². The van der Waals surface area contributed by atoms with E-state index in [0.717, 1.165) is 35.7 Å². The summed E-state index contributed by atoms with van der Waals surface area (Å²) in [7, 11) is 0. The van der Waals surface area contributed by atoms with Gasteiger partial charge in [-0.2, -0.15) is 0 Å². The van der Waals surface area contributed by atoms with Crippen LogP contribution in [-0.2, 0) is 6.54 Å². The third-order valence-electron chi connectivity index (χ3n) is 2.86.